The minimum Gasteiger partial charge on any atom is -0.460 e. The number of esters is 2. The number of rotatable bonds is 8. The molecular formula is C16H25FNO6+. The molecule has 0 aromatic carbocycles. The van der Waals surface area contributed by atoms with Crippen LogP contribution in [0.5, 0.6) is 0 Å². The highest BCUT2D eigenvalue weighted by Gasteiger charge is 2.36. The second-order valence-electron chi connectivity index (χ2n) is 6.01. The average molecular weight is 346 g/mol. The molecule has 1 heterocycles. The first-order chi connectivity index (χ1) is 11.3. The van der Waals surface area contributed by atoms with Gasteiger partial charge in [0.1, 0.15) is 19.2 Å². The zero-order valence-corrected chi connectivity index (χ0v) is 14.3. The standard InChI is InChI=1S/C16H25FNO6/c1-5-6-18(4,11-17)7-8-21-16-15(24-13(3)20)9-14(10-22-16)23-12(2)19/h1,14-16H,6-11H2,2-4H3/q+1. The molecule has 1 saturated heterocycles. The van der Waals surface area contributed by atoms with E-state index in [2.05, 4.69) is 5.92 Å². The molecule has 1 aliphatic rings. The summed E-state index contributed by atoms with van der Waals surface area (Å²) in [5.41, 5.74) is 0. The smallest absolute Gasteiger partial charge is 0.303 e. The monoisotopic (exact) mass is 346 g/mol. The fourth-order valence-corrected chi connectivity index (χ4v) is 2.33. The zero-order valence-electron chi connectivity index (χ0n) is 14.3. The lowest BCUT2D eigenvalue weighted by atomic mass is 10.1. The number of hydrogen-bond donors (Lipinski definition) is 0. The van der Waals surface area contributed by atoms with Gasteiger partial charge >= 0.3 is 11.9 Å². The Morgan fingerprint density at radius 1 is 1.33 bits per heavy atom. The van der Waals surface area contributed by atoms with Crippen LogP contribution in [0.1, 0.15) is 20.3 Å². The van der Waals surface area contributed by atoms with Crippen LogP contribution in [-0.2, 0) is 28.5 Å². The normalized spacial score (nSPS) is 26.0. The van der Waals surface area contributed by atoms with Gasteiger partial charge in [-0.25, -0.2) is 0 Å². The van der Waals surface area contributed by atoms with Crippen LogP contribution in [0.2, 0.25) is 0 Å². The molecule has 0 radical (unpaired) electrons. The molecule has 1 rings (SSSR count). The molecule has 4 atom stereocenters. The third kappa shape index (κ3) is 6.83. The van der Waals surface area contributed by atoms with Crippen LogP contribution in [0.25, 0.3) is 0 Å². The Bertz CT molecular complexity index is 480. The number of likely N-dealkylation sites (N-methyl/N-ethyl adjacent to an activating group) is 1. The minimum absolute atomic E-state index is 0.0253. The van der Waals surface area contributed by atoms with E-state index in [1.54, 1.807) is 7.05 Å². The summed E-state index contributed by atoms with van der Waals surface area (Å²) in [7, 11) is 1.69. The van der Waals surface area contributed by atoms with Crippen molar-refractivity contribution in [3.05, 3.63) is 0 Å². The van der Waals surface area contributed by atoms with E-state index in [9.17, 15) is 14.0 Å². The summed E-state index contributed by atoms with van der Waals surface area (Å²) in [6, 6.07) is 0. The Kier molecular flexibility index (Phi) is 8.11. The fraction of sp³-hybridized carbons (Fsp3) is 0.750. The molecule has 7 nitrogen and oxygen atoms in total. The van der Waals surface area contributed by atoms with Crippen molar-refractivity contribution in [2.75, 3.05) is 40.1 Å². The van der Waals surface area contributed by atoms with Gasteiger partial charge < -0.3 is 18.9 Å². The zero-order chi connectivity index (χ0) is 18.2. The van der Waals surface area contributed by atoms with Crippen LogP contribution in [-0.4, -0.2) is 75.1 Å². The van der Waals surface area contributed by atoms with Crippen molar-refractivity contribution in [1.82, 2.24) is 0 Å². The van der Waals surface area contributed by atoms with Crippen LogP contribution in [0.3, 0.4) is 0 Å². The quantitative estimate of drug-likeness (QED) is 0.278. The van der Waals surface area contributed by atoms with E-state index in [-0.39, 0.29) is 30.7 Å². The van der Waals surface area contributed by atoms with Gasteiger partial charge in [0, 0.05) is 20.3 Å². The maximum Gasteiger partial charge on any atom is 0.303 e. The van der Waals surface area contributed by atoms with Crippen molar-refractivity contribution in [1.29, 1.82) is 0 Å². The van der Waals surface area contributed by atoms with Gasteiger partial charge in [0.25, 0.3) is 0 Å². The molecule has 8 heteroatoms. The molecule has 0 aromatic rings. The molecule has 0 spiro atoms. The van der Waals surface area contributed by atoms with Crippen molar-refractivity contribution in [2.45, 2.75) is 38.8 Å². The van der Waals surface area contributed by atoms with E-state index in [0.717, 1.165) is 0 Å². The summed E-state index contributed by atoms with van der Waals surface area (Å²) in [5.74, 6) is 1.51. The van der Waals surface area contributed by atoms with E-state index in [1.165, 1.54) is 13.8 Å². The summed E-state index contributed by atoms with van der Waals surface area (Å²) >= 11 is 0. The second kappa shape index (κ2) is 9.57. The lowest BCUT2D eigenvalue weighted by Gasteiger charge is -2.35. The Morgan fingerprint density at radius 3 is 2.54 bits per heavy atom. The van der Waals surface area contributed by atoms with Crippen LogP contribution in [0.4, 0.5) is 4.39 Å². The van der Waals surface area contributed by atoms with Gasteiger partial charge in [-0.05, 0) is 5.92 Å². The molecule has 0 aliphatic carbocycles. The molecule has 1 aliphatic heterocycles. The maximum atomic E-state index is 13.1. The lowest BCUT2D eigenvalue weighted by molar-refractivity contribution is -0.915. The number of ether oxygens (including phenoxy) is 4. The van der Waals surface area contributed by atoms with E-state index in [0.29, 0.717) is 6.54 Å². The van der Waals surface area contributed by atoms with E-state index < -0.39 is 37.2 Å². The molecule has 1 fully saturated rings. The Hall–Kier alpha value is -1.69. The van der Waals surface area contributed by atoms with E-state index in [4.69, 9.17) is 25.4 Å². The molecule has 4 unspecified atom stereocenters. The number of nitrogens with zero attached hydrogens (tertiary/aromatic N) is 1. The highest BCUT2D eigenvalue weighted by molar-refractivity contribution is 5.66. The van der Waals surface area contributed by atoms with Gasteiger partial charge in [-0.3, -0.25) is 14.1 Å². The molecule has 0 amide bonds. The van der Waals surface area contributed by atoms with E-state index >= 15 is 0 Å². The van der Waals surface area contributed by atoms with Crippen molar-refractivity contribution < 1.29 is 37.4 Å². The number of alkyl halides is 1. The van der Waals surface area contributed by atoms with Gasteiger partial charge in [0.2, 0.25) is 6.80 Å². The second-order valence-corrected chi connectivity index (χ2v) is 6.01. The fourth-order valence-electron chi connectivity index (χ4n) is 2.33. The Morgan fingerprint density at radius 2 is 2.00 bits per heavy atom. The number of quaternary nitrogens is 1. The van der Waals surface area contributed by atoms with Crippen molar-refractivity contribution in [3.63, 3.8) is 0 Å². The SMILES string of the molecule is C#CC[N+](C)(CF)CCOC1OCC(OC(C)=O)CC1OC(C)=O. The summed E-state index contributed by atoms with van der Waals surface area (Å²) in [6.45, 7) is 2.88. The number of carbonyl (C=O) groups is 2. The third-order valence-corrected chi connectivity index (χ3v) is 3.57. The van der Waals surface area contributed by atoms with Gasteiger partial charge in [0.15, 0.2) is 12.4 Å². The first kappa shape index (κ1) is 20.4. The van der Waals surface area contributed by atoms with Crippen molar-refractivity contribution in [3.8, 4) is 12.3 Å². The van der Waals surface area contributed by atoms with Crippen molar-refractivity contribution >= 4 is 11.9 Å². The molecule has 24 heavy (non-hydrogen) atoms. The molecule has 0 bridgehead atoms. The van der Waals surface area contributed by atoms with Crippen LogP contribution >= 0.6 is 0 Å². The number of hydrogen-bond acceptors (Lipinski definition) is 6. The van der Waals surface area contributed by atoms with Gasteiger partial charge in [0.05, 0.1) is 20.3 Å². The summed E-state index contributed by atoms with van der Waals surface area (Å²) in [6.07, 6.45) is 3.53. The topological polar surface area (TPSA) is 71.1 Å². The van der Waals surface area contributed by atoms with Crippen LogP contribution in [0.15, 0.2) is 0 Å². The first-order valence-corrected chi connectivity index (χ1v) is 7.70. The number of halogens is 1. The number of terminal acetylenes is 1. The van der Waals surface area contributed by atoms with Gasteiger partial charge in [-0.1, -0.05) is 0 Å². The van der Waals surface area contributed by atoms with Crippen LogP contribution in [0, 0.1) is 12.3 Å². The van der Waals surface area contributed by atoms with Gasteiger partial charge in [-0.15, -0.1) is 6.42 Å². The Balaban J connectivity index is 2.57. The maximum absolute atomic E-state index is 13.1. The predicted molar refractivity (Wildman–Crippen MR) is 82.1 cm³/mol. The highest BCUT2D eigenvalue weighted by Crippen LogP contribution is 2.21. The average Bonchev–Trinajstić information content (AvgIpc) is 2.48. The third-order valence-electron chi connectivity index (χ3n) is 3.57. The van der Waals surface area contributed by atoms with Crippen molar-refractivity contribution in [2.24, 2.45) is 0 Å². The number of carbonyl (C=O) groups excluding carboxylic acids is 2. The molecular weight excluding hydrogens is 321 g/mol. The predicted octanol–water partition coefficient (Wildman–Crippen LogP) is 0.620. The molecule has 0 saturated carbocycles. The summed E-state index contributed by atoms with van der Waals surface area (Å²) in [5, 5.41) is 0. The molecule has 136 valence electrons. The molecule has 0 N–H and O–H groups in total. The van der Waals surface area contributed by atoms with Gasteiger partial charge in [-0.2, -0.15) is 4.39 Å². The minimum atomic E-state index is -0.792. The van der Waals surface area contributed by atoms with Crippen LogP contribution < -0.4 is 0 Å². The Labute approximate surface area is 141 Å². The van der Waals surface area contributed by atoms with E-state index in [1.807, 2.05) is 0 Å². The largest absolute Gasteiger partial charge is 0.460 e. The first-order valence-electron chi connectivity index (χ1n) is 7.70. The summed E-state index contributed by atoms with van der Waals surface area (Å²) < 4.78 is 34.5. The summed E-state index contributed by atoms with van der Waals surface area (Å²) in [4.78, 5) is 22.3. The lowest BCUT2D eigenvalue weighted by Crippen LogP contribution is -2.49. The highest BCUT2D eigenvalue weighted by atomic mass is 19.1. The molecule has 0 aromatic heterocycles.